The van der Waals surface area contributed by atoms with Crippen molar-refractivity contribution in [1.29, 1.82) is 0 Å². The van der Waals surface area contributed by atoms with Crippen molar-refractivity contribution < 1.29 is 4.74 Å². The fourth-order valence-electron chi connectivity index (χ4n) is 0.874. The Morgan fingerprint density at radius 3 is 3.08 bits per heavy atom. The lowest BCUT2D eigenvalue weighted by Crippen LogP contribution is -2.36. The minimum absolute atomic E-state index is 0.411. The number of nitrogens with zero attached hydrogens (tertiary/aromatic N) is 1. The molecule has 0 saturated heterocycles. The van der Waals surface area contributed by atoms with Gasteiger partial charge in [0, 0.05) is 10.7 Å². The van der Waals surface area contributed by atoms with Gasteiger partial charge in [0.2, 0.25) is 0 Å². The van der Waals surface area contributed by atoms with E-state index in [0.717, 1.165) is 4.48 Å². The molecular weight excluding hydrogens is 243 g/mol. The lowest BCUT2D eigenvalue weighted by Gasteiger charge is -2.26. The number of alkyl halides is 1. The van der Waals surface area contributed by atoms with Crippen LogP contribution in [-0.4, -0.2) is 17.1 Å². The summed E-state index contributed by atoms with van der Waals surface area (Å²) in [5, 5.41) is 1.39. The third-order valence-electron chi connectivity index (χ3n) is 1.36. The first-order chi connectivity index (χ1) is 5.65. The van der Waals surface area contributed by atoms with Crippen LogP contribution in [0.1, 0.15) is 6.92 Å². The summed E-state index contributed by atoms with van der Waals surface area (Å²) < 4.78 is 6.12. The molecule has 0 spiro atoms. The summed E-state index contributed by atoms with van der Waals surface area (Å²) in [6, 6.07) is 0. The first-order valence-corrected chi connectivity index (χ1v) is 4.77. The van der Waals surface area contributed by atoms with Crippen molar-refractivity contribution in [3.63, 3.8) is 0 Å². The summed E-state index contributed by atoms with van der Waals surface area (Å²) in [5.41, 5.74) is -0.411. The second kappa shape index (κ2) is 4.16. The first-order valence-electron chi connectivity index (χ1n) is 3.54. The highest BCUT2D eigenvalue weighted by Gasteiger charge is 2.20. The van der Waals surface area contributed by atoms with Gasteiger partial charge in [-0.3, -0.25) is 5.01 Å². The number of halogens is 2. The third kappa shape index (κ3) is 2.15. The van der Waals surface area contributed by atoms with Crippen molar-refractivity contribution >= 4 is 27.5 Å². The third-order valence-corrected chi connectivity index (χ3v) is 2.23. The topological polar surface area (TPSA) is 38.5 Å². The standard InChI is InChI=1S/C7H10BrClN2O/c1-2-12-6-3-5(8)4-11(10)7(6)9/h3-4,7H,2,10H2,1H3. The molecule has 1 unspecified atom stereocenters. The number of ether oxygens (including phenoxy) is 1. The Kier molecular flexibility index (Phi) is 3.43. The lowest BCUT2D eigenvalue weighted by atomic mass is 10.3. The first kappa shape index (κ1) is 9.89. The zero-order valence-electron chi connectivity index (χ0n) is 6.63. The van der Waals surface area contributed by atoms with E-state index in [9.17, 15) is 0 Å². The predicted octanol–water partition coefficient (Wildman–Crippen LogP) is 1.90. The molecule has 0 amide bonds. The summed E-state index contributed by atoms with van der Waals surface area (Å²) in [5.74, 6) is 6.23. The van der Waals surface area contributed by atoms with E-state index in [1.807, 2.05) is 13.0 Å². The monoisotopic (exact) mass is 252 g/mol. The van der Waals surface area contributed by atoms with Crippen LogP contribution in [0.5, 0.6) is 0 Å². The number of hydrazine groups is 1. The van der Waals surface area contributed by atoms with Crippen molar-refractivity contribution in [3.8, 4) is 0 Å². The van der Waals surface area contributed by atoms with Crippen molar-refractivity contribution in [1.82, 2.24) is 5.01 Å². The molecule has 0 aromatic carbocycles. The molecule has 0 radical (unpaired) electrons. The number of rotatable bonds is 2. The van der Waals surface area contributed by atoms with E-state index >= 15 is 0 Å². The van der Waals surface area contributed by atoms with Gasteiger partial charge in [-0.25, -0.2) is 5.84 Å². The van der Waals surface area contributed by atoms with Crippen LogP contribution < -0.4 is 5.84 Å². The van der Waals surface area contributed by atoms with Gasteiger partial charge in [0.05, 0.1) is 6.61 Å². The Morgan fingerprint density at radius 1 is 1.83 bits per heavy atom. The zero-order valence-corrected chi connectivity index (χ0v) is 8.97. The molecule has 1 rings (SSSR count). The van der Waals surface area contributed by atoms with Gasteiger partial charge >= 0.3 is 0 Å². The van der Waals surface area contributed by atoms with Gasteiger partial charge in [-0.1, -0.05) is 11.6 Å². The number of nitrogens with two attached hydrogens (primary N) is 1. The van der Waals surface area contributed by atoms with Crippen LogP contribution in [0.3, 0.4) is 0 Å². The minimum Gasteiger partial charge on any atom is -0.495 e. The van der Waals surface area contributed by atoms with Crippen LogP contribution in [0, 0.1) is 0 Å². The molecule has 1 atom stereocenters. The molecule has 12 heavy (non-hydrogen) atoms. The summed E-state index contributed by atoms with van der Waals surface area (Å²) in [7, 11) is 0. The largest absolute Gasteiger partial charge is 0.495 e. The van der Waals surface area contributed by atoms with Crippen LogP contribution in [0.2, 0.25) is 0 Å². The molecule has 0 aliphatic carbocycles. The highest BCUT2D eigenvalue weighted by atomic mass is 79.9. The Labute approximate surface area is 84.9 Å². The highest BCUT2D eigenvalue weighted by Crippen LogP contribution is 2.24. The SMILES string of the molecule is CCOC1=CC(Br)=CN(N)C1Cl. The van der Waals surface area contributed by atoms with E-state index in [1.54, 1.807) is 6.20 Å². The molecular formula is C7H10BrClN2O. The molecule has 0 aromatic heterocycles. The van der Waals surface area contributed by atoms with Crippen LogP contribution >= 0.6 is 27.5 Å². The molecule has 0 aromatic rings. The lowest BCUT2D eigenvalue weighted by molar-refractivity contribution is 0.184. The van der Waals surface area contributed by atoms with Crippen LogP contribution in [-0.2, 0) is 4.74 Å². The second-order valence-electron chi connectivity index (χ2n) is 2.28. The molecule has 5 heteroatoms. The van der Waals surface area contributed by atoms with Crippen molar-refractivity contribution in [3.05, 3.63) is 22.5 Å². The van der Waals surface area contributed by atoms with Crippen LogP contribution in [0.25, 0.3) is 0 Å². The van der Waals surface area contributed by atoms with Crippen LogP contribution in [0.4, 0.5) is 0 Å². The van der Waals surface area contributed by atoms with Crippen molar-refractivity contribution in [2.45, 2.75) is 12.4 Å². The van der Waals surface area contributed by atoms with Crippen molar-refractivity contribution in [2.75, 3.05) is 6.61 Å². The molecule has 0 fully saturated rings. The fraction of sp³-hybridized carbons (Fsp3) is 0.429. The summed E-state index contributed by atoms with van der Waals surface area (Å²) in [4.78, 5) is 0. The molecule has 0 saturated carbocycles. The fourth-order valence-corrected chi connectivity index (χ4v) is 1.52. The van der Waals surface area contributed by atoms with Gasteiger partial charge in [-0.15, -0.1) is 0 Å². The van der Waals surface area contributed by atoms with E-state index in [0.29, 0.717) is 12.4 Å². The van der Waals surface area contributed by atoms with Crippen LogP contribution in [0.15, 0.2) is 22.5 Å². The van der Waals surface area contributed by atoms with Gasteiger partial charge in [-0.05, 0) is 28.9 Å². The smallest absolute Gasteiger partial charge is 0.175 e. The van der Waals surface area contributed by atoms with Gasteiger partial charge in [0.1, 0.15) is 5.76 Å². The predicted molar refractivity (Wildman–Crippen MR) is 52.4 cm³/mol. The second-order valence-corrected chi connectivity index (χ2v) is 3.61. The Balaban J connectivity index is 2.76. The minimum atomic E-state index is -0.411. The number of hydrogen-bond acceptors (Lipinski definition) is 3. The zero-order chi connectivity index (χ0) is 9.14. The average Bonchev–Trinajstić information content (AvgIpc) is 2.00. The maximum atomic E-state index is 5.92. The molecule has 1 heterocycles. The van der Waals surface area contributed by atoms with Gasteiger partial charge in [-0.2, -0.15) is 0 Å². The summed E-state index contributed by atoms with van der Waals surface area (Å²) >= 11 is 9.21. The Morgan fingerprint density at radius 2 is 2.50 bits per heavy atom. The van der Waals surface area contributed by atoms with E-state index < -0.39 is 5.50 Å². The molecule has 1 aliphatic rings. The van der Waals surface area contributed by atoms with E-state index in [-0.39, 0.29) is 0 Å². The normalized spacial score (nSPS) is 23.3. The molecule has 2 N–H and O–H groups in total. The van der Waals surface area contributed by atoms with Gasteiger partial charge < -0.3 is 4.74 Å². The van der Waals surface area contributed by atoms with E-state index in [4.69, 9.17) is 22.2 Å². The van der Waals surface area contributed by atoms with E-state index in [1.165, 1.54) is 5.01 Å². The van der Waals surface area contributed by atoms with E-state index in [2.05, 4.69) is 15.9 Å². The maximum absolute atomic E-state index is 5.92. The van der Waals surface area contributed by atoms with Gasteiger partial charge in [0.25, 0.3) is 0 Å². The Bertz CT molecular complexity index is 229. The quantitative estimate of drug-likeness (QED) is 0.464. The summed E-state index contributed by atoms with van der Waals surface area (Å²) in [6.45, 7) is 2.49. The molecule has 1 aliphatic heterocycles. The maximum Gasteiger partial charge on any atom is 0.175 e. The molecule has 3 nitrogen and oxygen atoms in total. The highest BCUT2D eigenvalue weighted by molar-refractivity contribution is 9.11. The van der Waals surface area contributed by atoms with Gasteiger partial charge in [0.15, 0.2) is 5.50 Å². The molecule has 68 valence electrons. The van der Waals surface area contributed by atoms with Crippen molar-refractivity contribution in [2.24, 2.45) is 5.84 Å². The average molecular weight is 254 g/mol. The number of hydrogen-bond donors (Lipinski definition) is 1. The molecule has 0 bridgehead atoms. The Hall–Kier alpha value is -0.190. The summed E-state index contributed by atoms with van der Waals surface area (Å²) in [6.07, 6.45) is 3.50. The number of allylic oxidation sites excluding steroid dienone is 2.